The summed E-state index contributed by atoms with van der Waals surface area (Å²) in [5, 5.41) is 2.26. The Bertz CT molecular complexity index is 3320. The van der Waals surface area contributed by atoms with E-state index in [4.69, 9.17) is 4.42 Å². The molecule has 0 amide bonds. The molecule has 9 aromatic carbocycles. The molecule has 0 fully saturated rings. The molecule has 0 radical (unpaired) electrons. The normalized spacial score (nSPS) is 13.3. The molecule has 304 valence electrons. The van der Waals surface area contributed by atoms with E-state index >= 15 is 0 Å². The summed E-state index contributed by atoms with van der Waals surface area (Å²) in [6, 6.07) is 82.7. The molecule has 1 heterocycles. The summed E-state index contributed by atoms with van der Waals surface area (Å²) in [4.78, 5) is 2.34. The van der Waals surface area contributed by atoms with Gasteiger partial charge in [0.15, 0.2) is 0 Å². The lowest BCUT2D eigenvalue weighted by molar-refractivity contribution is 0.670. The number of anilines is 3. The molecule has 64 heavy (non-hydrogen) atoms. The average Bonchev–Trinajstić information content (AvgIpc) is 3.90. The van der Waals surface area contributed by atoms with Crippen LogP contribution in [0.25, 0.3) is 55.3 Å². The Balaban J connectivity index is 1.02. The Kier molecular flexibility index (Phi) is 9.83. The molecule has 0 unspecified atom stereocenters. The second-order valence-corrected chi connectivity index (χ2v) is 16.3. The molecule has 11 rings (SSSR count). The van der Waals surface area contributed by atoms with E-state index in [1.807, 2.05) is 12.1 Å². The predicted molar refractivity (Wildman–Crippen MR) is 269 cm³/mol. The van der Waals surface area contributed by atoms with Crippen molar-refractivity contribution >= 4 is 50.1 Å². The quantitative estimate of drug-likeness (QED) is 0.137. The number of hydrogen-bond donors (Lipinski definition) is 0. The number of furan rings is 1. The molecule has 0 spiro atoms. The fourth-order valence-electron chi connectivity index (χ4n) is 10.1. The van der Waals surface area contributed by atoms with Crippen molar-refractivity contribution in [3.05, 3.63) is 283 Å². The van der Waals surface area contributed by atoms with Gasteiger partial charge in [-0.1, -0.05) is 207 Å². The Morgan fingerprint density at radius 1 is 0.469 bits per heavy atom. The van der Waals surface area contributed by atoms with Crippen LogP contribution in [0.5, 0.6) is 0 Å². The van der Waals surface area contributed by atoms with Gasteiger partial charge in [0.2, 0.25) is 0 Å². The molecule has 1 aromatic heterocycles. The highest BCUT2D eigenvalue weighted by Crippen LogP contribution is 2.57. The Hall–Kier alpha value is -8.20. The average molecular weight is 820 g/mol. The third kappa shape index (κ3) is 6.34. The number of fused-ring (bicyclic) bond motifs is 4. The lowest BCUT2D eigenvalue weighted by Crippen LogP contribution is -2.29. The second kappa shape index (κ2) is 16.2. The molecule has 0 saturated carbocycles. The van der Waals surface area contributed by atoms with Gasteiger partial charge in [0, 0.05) is 33.4 Å². The zero-order valence-electron chi connectivity index (χ0n) is 35.7. The van der Waals surface area contributed by atoms with Gasteiger partial charge in [0.1, 0.15) is 11.2 Å². The van der Waals surface area contributed by atoms with Gasteiger partial charge < -0.3 is 9.32 Å². The standard InChI is InChI=1S/C62H45NO/c1-3-52(60-56-26-14-16-29-58(56)62(57(60)4-2,47-21-10-6-11-22-47)48-23-12-7-13-24-48)45-33-39-50(40-34-45)63(49-37-31-44(32-38-49)43-19-8-5-9-20-43)51-41-35-46(36-42-51)53-27-18-28-55-54-25-15-17-30-59(54)64-61(53)55/h3-42H,2H2,1H3/b52-3-. The van der Waals surface area contributed by atoms with Crippen LogP contribution in [0.1, 0.15) is 34.7 Å². The van der Waals surface area contributed by atoms with E-state index < -0.39 is 5.41 Å². The van der Waals surface area contributed by atoms with E-state index in [9.17, 15) is 0 Å². The zero-order valence-corrected chi connectivity index (χ0v) is 35.7. The number of hydrogen-bond acceptors (Lipinski definition) is 2. The summed E-state index contributed by atoms with van der Waals surface area (Å²) < 4.78 is 6.44. The summed E-state index contributed by atoms with van der Waals surface area (Å²) in [7, 11) is 0. The fraction of sp³-hybridized carbons (Fsp3) is 0.0323. The SMILES string of the molecule is C=CC1=C(/C(=C\C)c2ccc(N(c3ccc(-c4ccccc4)cc3)c3ccc(-c4cccc5c4oc4ccccc45)cc3)cc2)c2ccccc2C1(c1ccccc1)c1ccccc1. The molecular weight excluding hydrogens is 775 g/mol. The number of benzene rings is 9. The van der Waals surface area contributed by atoms with Gasteiger partial charge in [0.25, 0.3) is 0 Å². The number of para-hydroxylation sites is 2. The van der Waals surface area contributed by atoms with Crippen LogP contribution in [0.4, 0.5) is 17.1 Å². The maximum Gasteiger partial charge on any atom is 0.143 e. The number of nitrogens with zero attached hydrogens (tertiary/aromatic N) is 1. The van der Waals surface area contributed by atoms with Crippen molar-refractivity contribution in [3.8, 4) is 22.3 Å². The first-order valence-electron chi connectivity index (χ1n) is 22.0. The first-order valence-corrected chi connectivity index (χ1v) is 22.0. The summed E-state index contributed by atoms with van der Waals surface area (Å²) in [6.07, 6.45) is 4.35. The van der Waals surface area contributed by atoms with E-state index in [1.165, 1.54) is 50.1 Å². The van der Waals surface area contributed by atoms with Gasteiger partial charge >= 0.3 is 0 Å². The summed E-state index contributed by atoms with van der Waals surface area (Å²) in [6.45, 7) is 6.67. The lowest BCUT2D eigenvalue weighted by atomic mass is 9.67. The van der Waals surface area contributed by atoms with E-state index in [2.05, 4.69) is 249 Å². The highest BCUT2D eigenvalue weighted by molar-refractivity contribution is 6.12. The van der Waals surface area contributed by atoms with Crippen molar-refractivity contribution in [2.24, 2.45) is 0 Å². The third-order valence-electron chi connectivity index (χ3n) is 13.0. The van der Waals surface area contributed by atoms with Crippen molar-refractivity contribution in [2.45, 2.75) is 12.3 Å². The van der Waals surface area contributed by atoms with Crippen molar-refractivity contribution < 1.29 is 4.42 Å². The van der Waals surface area contributed by atoms with Gasteiger partial charge in [0.05, 0.1) is 5.41 Å². The summed E-state index contributed by atoms with van der Waals surface area (Å²) >= 11 is 0. The highest BCUT2D eigenvalue weighted by atomic mass is 16.3. The van der Waals surface area contributed by atoms with Crippen molar-refractivity contribution in [2.75, 3.05) is 4.90 Å². The van der Waals surface area contributed by atoms with E-state index in [0.717, 1.165) is 55.7 Å². The molecule has 0 aliphatic heterocycles. The van der Waals surface area contributed by atoms with Gasteiger partial charge in [-0.2, -0.15) is 0 Å². The highest BCUT2D eigenvalue weighted by Gasteiger charge is 2.47. The van der Waals surface area contributed by atoms with E-state index in [0.29, 0.717) is 0 Å². The molecule has 0 N–H and O–H groups in total. The lowest BCUT2D eigenvalue weighted by Gasteiger charge is -2.34. The van der Waals surface area contributed by atoms with E-state index in [-0.39, 0.29) is 0 Å². The van der Waals surface area contributed by atoms with Crippen molar-refractivity contribution in [3.63, 3.8) is 0 Å². The number of rotatable bonds is 10. The van der Waals surface area contributed by atoms with Crippen LogP contribution in [0, 0.1) is 0 Å². The third-order valence-corrected chi connectivity index (χ3v) is 13.0. The smallest absolute Gasteiger partial charge is 0.143 e. The van der Waals surface area contributed by atoms with Gasteiger partial charge in [-0.25, -0.2) is 0 Å². The van der Waals surface area contributed by atoms with Gasteiger partial charge in [-0.3, -0.25) is 0 Å². The Morgan fingerprint density at radius 3 is 1.59 bits per heavy atom. The van der Waals surface area contributed by atoms with Crippen LogP contribution in [0.3, 0.4) is 0 Å². The van der Waals surface area contributed by atoms with Crippen molar-refractivity contribution in [1.29, 1.82) is 0 Å². The van der Waals surface area contributed by atoms with Crippen LogP contribution >= 0.6 is 0 Å². The largest absolute Gasteiger partial charge is 0.455 e. The summed E-state index contributed by atoms with van der Waals surface area (Å²) in [5.74, 6) is 0. The Labute approximate surface area is 375 Å². The minimum atomic E-state index is -0.533. The molecule has 1 aliphatic rings. The van der Waals surface area contributed by atoms with Crippen LogP contribution in [0.2, 0.25) is 0 Å². The van der Waals surface area contributed by atoms with Crippen LogP contribution in [0.15, 0.2) is 259 Å². The van der Waals surface area contributed by atoms with Crippen LogP contribution in [-0.2, 0) is 5.41 Å². The minimum absolute atomic E-state index is 0.533. The molecule has 2 heteroatoms. The Morgan fingerprint density at radius 2 is 0.969 bits per heavy atom. The molecule has 0 atom stereocenters. The maximum atomic E-state index is 6.44. The molecular formula is C62H45NO. The zero-order chi connectivity index (χ0) is 43.0. The van der Waals surface area contributed by atoms with Crippen molar-refractivity contribution in [1.82, 2.24) is 0 Å². The second-order valence-electron chi connectivity index (χ2n) is 16.3. The first-order chi connectivity index (χ1) is 31.7. The first kappa shape index (κ1) is 38.7. The minimum Gasteiger partial charge on any atom is -0.455 e. The fourth-order valence-corrected chi connectivity index (χ4v) is 10.1. The van der Waals surface area contributed by atoms with E-state index in [1.54, 1.807) is 0 Å². The molecule has 10 aromatic rings. The molecule has 0 saturated heterocycles. The molecule has 1 aliphatic carbocycles. The van der Waals surface area contributed by atoms with Gasteiger partial charge in [-0.15, -0.1) is 0 Å². The number of allylic oxidation sites excluding steroid dienone is 5. The predicted octanol–water partition coefficient (Wildman–Crippen LogP) is 16.8. The summed E-state index contributed by atoms with van der Waals surface area (Å²) in [5.41, 5.74) is 18.6. The monoisotopic (exact) mass is 819 g/mol. The topological polar surface area (TPSA) is 16.4 Å². The van der Waals surface area contributed by atoms with Gasteiger partial charge in [-0.05, 0) is 111 Å². The van der Waals surface area contributed by atoms with Crippen LogP contribution in [-0.4, -0.2) is 0 Å². The van der Waals surface area contributed by atoms with Crippen LogP contribution < -0.4 is 4.90 Å². The molecule has 0 bridgehead atoms. The maximum absolute atomic E-state index is 6.44. The molecule has 2 nitrogen and oxygen atoms in total.